The van der Waals surface area contributed by atoms with Gasteiger partial charge in [-0.2, -0.15) is 0 Å². The van der Waals surface area contributed by atoms with Gasteiger partial charge in [-0.05, 0) is 82.1 Å². The van der Waals surface area contributed by atoms with E-state index in [4.69, 9.17) is 0 Å². The molecule has 1 heterocycles. The highest BCUT2D eigenvalue weighted by atomic mass is 19.1. The highest BCUT2D eigenvalue weighted by Gasteiger charge is 2.33. The van der Waals surface area contributed by atoms with Gasteiger partial charge >= 0.3 is 0 Å². The number of rotatable bonds is 8. The summed E-state index contributed by atoms with van der Waals surface area (Å²) in [6.07, 6.45) is 4.30. The Bertz CT molecular complexity index is 1200. The maximum absolute atomic E-state index is 14.8. The number of halogens is 1. The Morgan fingerprint density at radius 3 is 2.48 bits per heavy atom. The van der Waals surface area contributed by atoms with Gasteiger partial charge in [0.05, 0.1) is 12.1 Å². The molecule has 172 valence electrons. The van der Waals surface area contributed by atoms with E-state index in [0.717, 1.165) is 59.4 Å². The highest BCUT2D eigenvalue weighted by molar-refractivity contribution is 5.93. The lowest BCUT2D eigenvalue weighted by Crippen LogP contribution is -2.39. The van der Waals surface area contributed by atoms with Crippen molar-refractivity contribution in [3.63, 3.8) is 0 Å². The van der Waals surface area contributed by atoms with Crippen LogP contribution in [0.1, 0.15) is 37.1 Å². The molecule has 1 aromatic heterocycles. The molecule has 2 fully saturated rings. The molecule has 0 aliphatic heterocycles. The fraction of sp³-hybridized carbons (Fsp3) is 0.423. The van der Waals surface area contributed by atoms with Crippen LogP contribution in [0.4, 0.5) is 10.2 Å². The lowest BCUT2D eigenvalue weighted by atomic mass is 10.0. The van der Waals surface area contributed by atoms with E-state index in [0.29, 0.717) is 24.7 Å². The number of hydrogen-bond acceptors (Lipinski definition) is 5. The molecule has 2 saturated carbocycles. The molecule has 1 amide bonds. The van der Waals surface area contributed by atoms with Gasteiger partial charge in [0.25, 0.3) is 0 Å². The van der Waals surface area contributed by atoms with Crippen LogP contribution in [-0.2, 0) is 11.3 Å². The van der Waals surface area contributed by atoms with Crippen molar-refractivity contribution in [3.8, 4) is 11.1 Å². The third-order valence-corrected chi connectivity index (χ3v) is 6.20. The Morgan fingerprint density at radius 2 is 1.79 bits per heavy atom. The molecule has 33 heavy (non-hydrogen) atoms. The first-order chi connectivity index (χ1) is 15.9. The number of amides is 1. The molecule has 3 aromatic rings. The number of carbonyl (C=O) groups is 1. The minimum absolute atomic E-state index is 0.0429. The standard InChI is InChI=1S/C26H30FN5O/c1-16-28-24-11-5-18(13-22(24)26(29-16)30-20-6-7-20)17-4-10-23(27)19(12-17)14-32(21-8-9-21)25(33)15-31(2)3/h4-5,10-13,20-21H,6-9,14-15H2,1-3H3,(H,28,29,30). The molecule has 0 bridgehead atoms. The van der Waals surface area contributed by atoms with E-state index in [1.54, 1.807) is 6.07 Å². The van der Waals surface area contributed by atoms with E-state index >= 15 is 0 Å². The monoisotopic (exact) mass is 447 g/mol. The van der Waals surface area contributed by atoms with Gasteiger partial charge in [0.1, 0.15) is 17.5 Å². The van der Waals surface area contributed by atoms with Crippen LogP contribution in [0.5, 0.6) is 0 Å². The molecule has 6 nitrogen and oxygen atoms in total. The largest absolute Gasteiger partial charge is 0.367 e. The van der Waals surface area contributed by atoms with Gasteiger partial charge in [0.15, 0.2) is 0 Å². The van der Waals surface area contributed by atoms with Crippen molar-refractivity contribution in [3.05, 3.63) is 53.6 Å². The highest BCUT2D eigenvalue weighted by Crippen LogP contribution is 2.33. The van der Waals surface area contributed by atoms with Crippen LogP contribution in [0, 0.1) is 12.7 Å². The summed E-state index contributed by atoms with van der Waals surface area (Å²) < 4.78 is 14.8. The first-order valence-corrected chi connectivity index (χ1v) is 11.7. The van der Waals surface area contributed by atoms with Crippen molar-refractivity contribution < 1.29 is 9.18 Å². The Hall–Kier alpha value is -3.06. The predicted octanol–water partition coefficient (Wildman–Crippen LogP) is 4.37. The van der Waals surface area contributed by atoms with Crippen LogP contribution in [0.3, 0.4) is 0 Å². The first-order valence-electron chi connectivity index (χ1n) is 11.7. The summed E-state index contributed by atoms with van der Waals surface area (Å²) in [7, 11) is 3.75. The maximum atomic E-state index is 14.8. The molecule has 0 spiro atoms. The van der Waals surface area contributed by atoms with Gasteiger partial charge in [-0.25, -0.2) is 14.4 Å². The Balaban J connectivity index is 1.47. The quantitative estimate of drug-likeness (QED) is 0.556. The predicted molar refractivity (Wildman–Crippen MR) is 128 cm³/mol. The third kappa shape index (κ3) is 4.98. The second-order valence-corrected chi connectivity index (χ2v) is 9.57. The minimum atomic E-state index is -0.280. The van der Waals surface area contributed by atoms with Gasteiger partial charge in [-0.3, -0.25) is 4.79 Å². The summed E-state index contributed by atoms with van der Waals surface area (Å²) >= 11 is 0. The van der Waals surface area contributed by atoms with E-state index in [1.807, 2.05) is 49.0 Å². The average Bonchev–Trinajstić information content (AvgIpc) is 3.67. The second-order valence-electron chi connectivity index (χ2n) is 9.57. The number of aryl methyl sites for hydroxylation is 1. The molecule has 0 radical (unpaired) electrons. The van der Waals surface area contributed by atoms with E-state index in [-0.39, 0.29) is 17.8 Å². The molecule has 2 aliphatic rings. The zero-order chi connectivity index (χ0) is 23.1. The summed E-state index contributed by atoms with van der Waals surface area (Å²) in [6, 6.07) is 12.0. The molecule has 0 unspecified atom stereocenters. The fourth-order valence-corrected chi connectivity index (χ4v) is 4.18. The number of anilines is 1. The summed E-state index contributed by atoms with van der Waals surface area (Å²) in [5.41, 5.74) is 3.34. The van der Waals surface area contributed by atoms with Crippen LogP contribution in [0.2, 0.25) is 0 Å². The van der Waals surface area contributed by atoms with Crippen molar-refractivity contribution in [1.82, 2.24) is 19.8 Å². The first kappa shape index (κ1) is 21.8. The van der Waals surface area contributed by atoms with Gasteiger partial charge in [-0.15, -0.1) is 0 Å². The van der Waals surface area contributed by atoms with Gasteiger partial charge in [-0.1, -0.05) is 12.1 Å². The van der Waals surface area contributed by atoms with Crippen LogP contribution >= 0.6 is 0 Å². The molecule has 0 atom stereocenters. The zero-order valence-electron chi connectivity index (χ0n) is 19.4. The lowest BCUT2D eigenvalue weighted by molar-refractivity contribution is -0.133. The second kappa shape index (κ2) is 8.71. The van der Waals surface area contributed by atoms with Crippen molar-refractivity contribution in [2.45, 2.75) is 51.2 Å². The fourth-order valence-electron chi connectivity index (χ4n) is 4.18. The van der Waals surface area contributed by atoms with Crippen LogP contribution < -0.4 is 5.32 Å². The van der Waals surface area contributed by atoms with Gasteiger partial charge in [0, 0.05) is 29.6 Å². The van der Waals surface area contributed by atoms with Crippen LogP contribution in [0.15, 0.2) is 36.4 Å². The normalized spacial score (nSPS) is 15.8. The Labute approximate surface area is 193 Å². The van der Waals surface area contributed by atoms with Crippen molar-refractivity contribution in [2.24, 2.45) is 0 Å². The average molecular weight is 448 g/mol. The summed E-state index contributed by atoms with van der Waals surface area (Å²) in [6.45, 7) is 2.53. The molecule has 2 aliphatic carbocycles. The topological polar surface area (TPSA) is 61.4 Å². The minimum Gasteiger partial charge on any atom is -0.367 e. The number of likely N-dealkylation sites (N-methyl/N-ethyl adjacent to an activating group) is 1. The van der Waals surface area contributed by atoms with E-state index in [9.17, 15) is 9.18 Å². The lowest BCUT2D eigenvalue weighted by Gasteiger charge is -2.25. The number of nitrogens with zero attached hydrogens (tertiary/aromatic N) is 4. The molecule has 0 saturated heterocycles. The molecule has 1 N–H and O–H groups in total. The zero-order valence-corrected chi connectivity index (χ0v) is 19.4. The Morgan fingerprint density at radius 1 is 1.06 bits per heavy atom. The summed E-state index contributed by atoms with van der Waals surface area (Å²) in [4.78, 5) is 25.6. The van der Waals surface area contributed by atoms with Crippen LogP contribution in [0.25, 0.3) is 22.0 Å². The SMILES string of the molecule is Cc1nc(NC2CC2)c2cc(-c3ccc(F)c(CN(C(=O)CN(C)C)C4CC4)c3)ccc2n1. The summed E-state index contributed by atoms with van der Waals surface area (Å²) in [5.74, 6) is 1.36. The molecule has 2 aromatic carbocycles. The third-order valence-electron chi connectivity index (χ3n) is 6.20. The smallest absolute Gasteiger partial charge is 0.237 e. The number of nitrogens with one attached hydrogen (secondary N) is 1. The number of carbonyl (C=O) groups excluding carboxylic acids is 1. The van der Waals surface area contributed by atoms with Crippen molar-refractivity contribution in [2.75, 3.05) is 26.0 Å². The maximum Gasteiger partial charge on any atom is 0.237 e. The van der Waals surface area contributed by atoms with Crippen LogP contribution in [-0.4, -0.2) is 58.4 Å². The molecule has 7 heteroatoms. The number of hydrogen-bond donors (Lipinski definition) is 1. The Kier molecular flexibility index (Phi) is 5.74. The van der Waals surface area contributed by atoms with E-state index < -0.39 is 0 Å². The molecular weight excluding hydrogens is 417 g/mol. The number of fused-ring (bicyclic) bond motifs is 1. The summed E-state index contributed by atoms with van der Waals surface area (Å²) in [5, 5.41) is 4.48. The van der Waals surface area contributed by atoms with Gasteiger partial charge in [0.2, 0.25) is 5.91 Å². The van der Waals surface area contributed by atoms with E-state index in [1.165, 1.54) is 6.07 Å². The van der Waals surface area contributed by atoms with Crippen molar-refractivity contribution >= 4 is 22.6 Å². The number of aromatic nitrogens is 2. The molecule has 5 rings (SSSR count). The van der Waals surface area contributed by atoms with Crippen molar-refractivity contribution in [1.29, 1.82) is 0 Å². The molecular formula is C26H30FN5O. The number of benzene rings is 2. The van der Waals surface area contributed by atoms with Gasteiger partial charge < -0.3 is 15.1 Å². The van der Waals surface area contributed by atoms with E-state index in [2.05, 4.69) is 21.4 Å².